The molecule has 1 aromatic rings. The lowest BCUT2D eigenvalue weighted by Crippen LogP contribution is -2.40. The Labute approximate surface area is 116 Å². The molecule has 112 valence electrons. The van der Waals surface area contributed by atoms with E-state index in [2.05, 4.69) is 0 Å². The number of rotatable bonds is 6. The van der Waals surface area contributed by atoms with Crippen LogP contribution in [-0.4, -0.2) is 34.0 Å². The fraction of sp³-hybridized carbons (Fsp3) is 0.300. The summed E-state index contributed by atoms with van der Waals surface area (Å²) in [7, 11) is -8.19. The highest BCUT2D eigenvalue weighted by molar-refractivity contribution is 7.90. The van der Waals surface area contributed by atoms with Crippen LogP contribution >= 0.6 is 0 Å². The molecule has 0 bridgehead atoms. The van der Waals surface area contributed by atoms with Crippen LogP contribution in [0.5, 0.6) is 0 Å². The number of hydrogen-bond donors (Lipinski definition) is 3. The van der Waals surface area contributed by atoms with E-state index in [9.17, 15) is 21.6 Å². The van der Waals surface area contributed by atoms with E-state index in [4.69, 9.17) is 10.2 Å². The third kappa shape index (κ3) is 4.00. The van der Waals surface area contributed by atoms with Crippen molar-refractivity contribution in [1.82, 2.24) is 4.72 Å². The zero-order valence-corrected chi connectivity index (χ0v) is 12.1. The largest absolute Gasteiger partial charge is 0.480 e. The van der Waals surface area contributed by atoms with Crippen molar-refractivity contribution in [2.24, 2.45) is 5.14 Å². The van der Waals surface area contributed by atoms with Gasteiger partial charge >= 0.3 is 5.97 Å². The van der Waals surface area contributed by atoms with E-state index in [1.807, 2.05) is 4.72 Å². The van der Waals surface area contributed by atoms with Gasteiger partial charge in [-0.25, -0.2) is 22.0 Å². The molecule has 1 aromatic carbocycles. The second kappa shape index (κ2) is 5.87. The first-order chi connectivity index (χ1) is 9.08. The number of aliphatic carboxylic acids is 1. The molecule has 1 atom stereocenters. The fourth-order valence-corrected chi connectivity index (χ4v) is 3.33. The number of sulfonamides is 2. The van der Waals surface area contributed by atoms with Gasteiger partial charge < -0.3 is 5.11 Å². The highest BCUT2D eigenvalue weighted by Crippen LogP contribution is 2.15. The summed E-state index contributed by atoms with van der Waals surface area (Å²) >= 11 is 0. The van der Waals surface area contributed by atoms with Gasteiger partial charge in [-0.1, -0.05) is 13.0 Å². The van der Waals surface area contributed by atoms with Crippen LogP contribution in [0, 0.1) is 0 Å². The summed E-state index contributed by atoms with van der Waals surface area (Å²) < 4.78 is 48.3. The SMILES string of the molecule is CC[C@H](NS(=O)(=O)c1cccc(S(N)(=O)=O)c1)C(=O)O. The predicted octanol–water partition coefficient (Wildman–Crippen LogP) is -0.524. The monoisotopic (exact) mass is 322 g/mol. The Kier molecular flexibility index (Phi) is 4.86. The van der Waals surface area contributed by atoms with E-state index in [1.165, 1.54) is 13.0 Å². The van der Waals surface area contributed by atoms with Crippen LogP contribution < -0.4 is 9.86 Å². The summed E-state index contributed by atoms with van der Waals surface area (Å²) in [6.45, 7) is 1.50. The molecule has 0 amide bonds. The standard InChI is InChI=1S/C10H14N2O6S2/c1-2-9(10(13)14)12-20(17,18)8-5-3-4-7(6-8)19(11,15)16/h3-6,9,12H,2H2,1H3,(H,13,14)(H2,11,15,16)/t9-/m0/s1. The molecule has 0 spiro atoms. The van der Waals surface area contributed by atoms with E-state index in [-0.39, 0.29) is 16.2 Å². The van der Waals surface area contributed by atoms with Crippen molar-refractivity contribution < 1.29 is 26.7 Å². The Morgan fingerprint density at radius 1 is 1.30 bits per heavy atom. The minimum Gasteiger partial charge on any atom is -0.480 e. The van der Waals surface area contributed by atoms with Gasteiger partial charge in [0.15, 0.2) is 0 Å². The van der Waals surface area contributed by atoms with Gasteiger partial charge in [-0.15, -0.1) is 0 Å². The van der Waals surface area contributed by atoms with Gasteiger partial charge in [0.2, 0.25) is 20.0 Å². The topological polar surface area (TPSA) is 144 Å². The summed E-state index contributed by atoms with van der Waals surface area (Å²) in [4.78, 5) is 10.1. The highest BCUT2D eigenvalue weighted by Gasteiger charge is 2.24. The van der Waals surface area contributed by atoms with Gasteiger partial charge in [-0.05, 0) is 24.6 Å². The smallest absolute Gasteiger partial charge is 0.321 e. The van der Waals surface area contributed by atoms with Gasteiger partial charge in [-0.3, -0.25) is 4.79 Å². The number of benzene rings is 1. The Morgan fingerprint density at radius 2 is 1.85 bits per heavy atom. The summed E-state index contributed by atoms with van der Waals surface area (Å²) in [6.07, 6.45) is 0.0451. The van der Waals surface area contributed by atoms with Crippen LogP contribution in [-0.2, 0) is 24.8 Å². The molecule has 0 saturated carbocycles. The van der Waals surface area contributed by atoms with E-state index < -0.39 is 32.1 Å². The van der Waals surface area contributed by atoms with E-state index in [0.717, 1.165) is 18.2 Å². The van der Waals surface area contributed by atoms with Crippen molar-refractivity contribution >= 4 is 26.0 Å². The Balaban J connectivity index is 3.20. The quantitative estimate of drug-likeness (QED) is 0.642. The molecular weight excluding hydrogens is 308 g/mol. The molecule has 1 rings (SSSR count). The van der Waals surface area contributed by atoms with Crippen molar-refractivity contribution in [3.05, 3.63) is 24.3 Å². The number of hydrogen-bond acceptors (Lipinski definition) is 5. The zero-order chi connectivity index (χ0) is 15.6. The van der Waals surface area contributed by atoms with Crippen molar-refractivity contribution in [2.45, 2.75) is 29.2 Å². The molecule has 10 heteroatoms. The van der Waals surface area contributed by atoms with Crippen molar-refractivity contribution in [1.29, 1.82) is 0 Å². The number of nitrogens with two attached hydrogens (primary N) is 1. The lowest BCUT2D eigenvalue weighted by atomic mass is 10.2. The van der Waals surface area contributed by atoms with E-state index in [1.54, 1.807) is 0 Å². The molecule has 0 aromatic heterocycles. The first-order valence-corrected chi connectivity index (χ1v) is 8.49. The van der Waals surface area contributed by atoms with Gasteiger partial charge in [0, 0.05) is 0 Å². The lowest BCUT2D eigenvalue weighted by Gasteiger charge is -2.13. The number of carbonyl (C=O) groups is 1. The molecule has 20 heavy (non-hydrogen) atoms. The average Bonchev–Trinajstić information content (AvgIpc) is 2.35. The molecular formula is C10H14N2O6S2. The maximum atomic E-state index is 12.0. The summed E-state index contributed by atoms with van der Waals surface area (Å²) in [5.74, 6) is -1.32. The van der Waals surface area contributed by atoms with Crippen LogP contribution in [0.1, 0.15) is 13.3 Å². The second-order valence-corrected chi connectivity index (χ2v) is 7.22. The summed E-state index contributed by atoms with van der Waals surface area (Å²) in [5.41, 5.74) is 0. The van der Waals surface area contributed by atoms with Crippen LogP contribution in [0.15, 0.2) is 34.1 Å². The molecule has 0 fully saturated rings. The molecule has 0 aliphatic carbocycles. The molecule has 0 heterocycles. The maximum Gasteiger partial charge on any atom is 0.321 e. The fourth-order valence-electron chi connectivity index (χ4n) is 1.38. The Hall–Kier alpha value is -1.49. The number of carboxylic acid groups (broad SMARTS) is 1. The van der Waals surface area contributed by atoms with Gasteiger partial charge in [0.05, 0.1) is 9.79 Å². The molecule has 0 unspecified atom stereocenters. The molecule has 0 aliphatic heterocycles. The Morgan fingerprint density at radius 3 is 2.30 bits per heavy atom. The van der Waals surface area contributed by atoms with Crippen molar-refractivity contribution in [3.63, 3.8) is 0 Å². The number of carboxylic acids is 1. The number of nitrogens with one attached hydrogen (secondary N) is 1. The minimum absolute atomic E-state index is 0.0451. The van der Waals surface area contributed by atoms with E-state index in [0.29, 0.717) is 0 Å². The lowest BCUT2D eigenvalue weighted by molar-refractivity contribution is -0.139. The van der Waals surface area contributed by atoms with Crippen LogP contribution in [0.25, 0.3) is 0 Å². The minimum atomic E-state index is -4.15. The third-order valence-corrected chi connectivity index (χ3v) is 4.83. The van der Waals surface area contributed by atoms with Crippen molar-refractivity contribution in [2.75, 3.05) is 0 Å². The second-order valence-electron chi connectivity index (χ2n) is 3.94. The molecule has 0 saturated heterocycles. The van der Waals surface area contributed by atoms with Crippen molar-refractivity contribution in [3.8, 4) is 0 Å². The highest BCUT2D eigenvalue weighted by atomic mass is 32.2. The molecule has 0 radical (unpaired) electrons. The van der Waals surface area contributed by atoms with Crippen LogP contribution in [0.3, 0.4) is 0 Å². The van der Waals surface area contributed by atoms with E-state index >= 15 is 0 Å². The zero-order valence-electron chi connectivity index (χ0n) is 10.5. The number of primary sulfonamides is 1. The first-order valence-electron chi connectivity index (χ1n) is 5.46. The molecule has 8 nitrogen and oxygen atoms in total. The summed E-state index contributed by atoms with van der Waals surface area (Å²) in [5, 5.41) is 13.7. The molecule has 0 aliphatic rings. The Bertz CT molecular complexity index is 711. The van der Waals surface area contributed by atoms with Crippen LogP contribution in [0.2, 0.25) is 0 Å². The van der Waals surface area contributed by atoms with Gasteiger partial charge in [-0.2, -0.15) is 4.72 Å². The third-order valence-electron chi connectivity index (χ3n) is 2.45. The first kappa shape index (κ1) is 16.6. The van der Waals surface area contributed by atoms with Gasteiger partial charge in [0.25, 0.3) is 0 Å². The molecule has 4 N–H and O–H groups in total. The van der Waals surface area contributed by atoms with Crippen LogP contribution in [0.4, 0.5) is 0 Å². The maximum absolute atomic E-state index is 12.0. The average molecular weight is 322 g/mol. The summed E-state index contributed by atoms with van der Waals surface area (Å²) in [6, 6.07) is 3.06. The normalized spacial score (nSPS) is 13.9. The predicted molar refractivity (Wildman–Crippen MR) is 69.9 cm³/mol. The van der Waals surface area contributed by atoms with Gasteiger partial charge in [0.1, 0.15) is 6.04 Å².